The predicted molar refractivity (Wildman–Crippen MR) is 135 cm³/mol. The Morgan fingerprint density at radius 2 is 1.67 bits per heavy atom. The molecule has 0 fully saturated rings. The molecule has 0 unspecified atom stereocenters. The Hall–Kier alpha value is -2.79. The minimum Gasteiger partial charge on any atom is -0.493 e. The molecule has 1 aromatic carbocycles. The van der Waals surface area contributed by atoms with Crippen molar-refractivity contribution in [3.05, 3.63) is 65.5 Å². The van der Waals surface area contributed by atoms with Crippen molar-refractivity contribution in [1.29, 1.82) is 0 Å². The lowest BCUT2D eigenvalue weighted by atomic mass is 10.1. The summed E-state index contributed by atoms with van der Waals surface area (Å²) < 4.78 is 13.5. The second-order valence-corrected chi connectivity index (χ2v) is 8.62. The number of carbonyl (C=O) groups excluding carboxylic acids is 1. The van der Waals surface area contributed by atoms with E-state index >= 15 is 0 Å². The lowest BCUT2D eigenvalue weighted by Crippen LogP contribution is -2.28. The zero-order valence-corrected chi connectivity index (χ0v) is 20.6. The fraction of sp³-hybridized carbons (Fsp3) is 0.464. The summed E-state index contributed by atoms with van der Waals surface area (Å²) in [4.78, 5) is 15.8. The zero-order valence-electron chi connectivity index (χ0n) is 20.6. The van der Waals surface area contributed by atoms with Crippen LogP contribution in [0.3, 0.4) is 0 Å². The van der Waals surface area contributed by atoms with E-state index in [1.165, 1.54) is 25.7 Å². The molecular formula is C28H38N2O3. The van der Waals surface area contributed by atoms with Gasteiger partial charge in [-0.25, -0.2) is 0 Å². The lowest BCUT2D eigenvalue weighted by molar-refractivity contribution is 0.103. The standard InChI is InChI=1S/C28H38N2O3/c1-5-7-15-29(16-8-6-2)17-11-19-33-25-14-13-23(21-26(25)32-4)28(31)27-22(3)20-24-12-9-10-18-30(24)27/h9-10,12-14,18,20-21H,5-8,11,15-17,19H2,1-4H3. The monoisotopic (exact) mass is 450 g/mol. The average molecular weight is 451 g/mol. The number of fused-ring (bicyclic) bond motifs is 1. The largest absolute Gasteiger partial charge is 0.493 e. The summed E-state index contributed by atoms with van der Waals surface area (Å²) >= 11 is 0. The van der Waals surface area contributed by atoms with E-state index in [9.17, 15) is 4.79 Å². The van der Waals surface area contributed by atoms with Crippen molar-refractivity contribution in [3.63, 3.8) is 0 Å². The number of methoxy groups -OCH3 is 1. The van der Waals surface area contributed by atoms with Gasteiger partial charge in [0.2, 0.25) is 5.78 Å². The molecule has 0 aliphatic rings. The topological polar surface area (TPSA) is 43.2 Å². The molecule has 33 heavy (non-hydrogen) atoms. The Labute approximate surface area is 198 Å². The number of ketones is 1. The van der Waals surface area contributed by atoms with Crippen molar-refractivity contribution < 1.29 is 14.3 Å². The summed E-state index contributed by atoms with van der Waals surface area (Å²) in [6, 6.07) is 13.4. The van der Waals surface area contributed by atoms with E-state index in [0.29, 0.717) is 29.4 Å². The van der Waals surface area contributed by atoms with Crippen LogP contribution in [0, 0.1) is 6.92 Å². The zero-order chi connectivity index (χ0) is 23.6. The Morgan fingerprint density at radius 3 is 2.36 bits per heavy atom. The first-order valence-corrected chi connectivity index (χ1v) is 12.2. The van der Waals surface area contributed by atoms with Gasteiger partial charge in [0, 0.05) is 23.8 Å². The second-order valence-electron chi connectivity index (χ2n) is 8.62. The molecule has 2 aromatic heterocycles. The number of pyridine rings is 1. The van der Waals surface area contributed by atoms with Gasteiger partial charge in [-0.1, -0.05) is 32.8 Å². The van der Waals surface area contributed by atoms with E-state index in [2.05, 4.69) is 18.7 Å². The number of aryl methyl sites for hydroxylation is 1. The van der Waals surface area contributed by atoms with Gasteiger partial charge >= 0.3 is 0 Å². The number of hydrogen-bond donors (Lipinski definition) is 0. The normalized spacial score (nSPS) is 11.3. The van der Waals surface area contributed by atoms with Crippen molar-refractivity contribution in [1.82, 2.24) is 9.30 Å². The molecule has 3 rings (SSSR count). The first-order chi connectivity index (χ1) is 16.1. The van der Waals surface area contributed by atoms with Gasteiger partial charge in [0.15, 0.2) is 11.5 Å². The van der Waals surface area contributed by atoms with E-state index in [-0.39, 0.29) is 5.78 Å². The van der Waals surface area contributed by atoms with E-state index in [1.807, 2.05) is 53.9 Å². The number of ether oxygens (including phenoxy) is 2. The number of hydrogen-bond acceptors (Lipinski definition) is 4. The van der Waals surface area contributed by atoms with Gasteiger partial charge in [-0.3, -0.25) is 4.79 Å². The quantitative estimate of drug-likeness (QED) is 0.218. The Kier molecular flexibility index (Phi) is 9.37. The number of unbranched alkanes of at least 4 members (excludes halogenated alkanes) is 2. The fourth-order valence-corrected chi connectivity index (χ4v) is 4.18. The van der Waals surface area contributed by atoms with Crippen LogP contribution >= 0.6 is 0 Å². The van der Waals surface area contributed by atoms with Crippen molar-refractivity contribution in [2.45, 2.75) is 52.9 Å². The van der Waals surface area contributed by atoms with Gasteiger partial charge in [-0.2, -0.15) is 0 Å². The van der Waals surface area contributed by atoms with E-state index < -0.39 is 0 Å². The molecule has 178 valence electrons. The summed E-state index contributed by atoms with van der Waals surface area (Å²) in [6.07, 6.45) is 7.82. The Bertz CT molecular complexity index is 1030. The molecule has 0 aliphatic carbocycles. The number of rotatable bonds is 14. The van der Waals surface area contributed by atoms with Gasteiger partial charge in [0.05, 0.1) is 19.4 Å². The van der Waals surface area contributed by atoms with Crippen LogP contribution in [-0.2, 0) is 0 Å². The second kappa shape index (κ2) is 12.4. The highest BCUT2D eigenvalue weighted by molar-refractivity contribution is 6.10. The van der Waals surface area contributed by atoms with Crippen LogP contribution in [-0.4, -0.2) is 48.4 Å². The smallest absolute Gasteiger partial charge is 0.210 e. The van der Waals surface area contributed by atoms with Crippen molar-refractivity contribution in [2.24, 2.45) is 0 Å². The third-order valence-corrected chi connectivity index (χ3v) is 6.04. The molecule has 0 aliphatic heterocycles. The maximum atomic E-state index is 13.3. The maximum absolute atomic E-state index is 13.3. The summed E-state index contributed by atoms with van der Waals surface area (Å²) in [7, 11) is 1.62. The van der Waals surface area contributed by atoms with Crippen LogP contribution in [0.4, 0.5) is 0 Å². The summed E-state index contributed by atoms with van der Waals surface area (Å²) in [5.74, 6) is 1.25. The van der Waals surface area contributed by atoms with Gasteiger partial charge in [-0.05, 0) is 81.2 Å². The maximum Gasteiger partial charge on any atom is 0.210 e. The van der Waals surface area contributed by atoms with Crippen LogP contribution in [0.5, 0.6) is 11.5 Å². The highest BCUT2D eigenvalue weighted by Gasteiger charge is 2.19. The molecule has 0 atom stereocenters. The molecule has 0 N–H and O–H groups in total. The molecule has 0 spiro atoms. The van der Waals surface area contributed by atoms with Crippen LogP contribution in [0.15, 0.2) is 48.7 Å². The summed E-state index contributed by atoms with van der Waals surface area (Å²) in [5.41, 5.74) is 3.25. The van der Waals surface area contributed by atoms with E-state index in [1.54, 1.807) is 13.2 Å². The predicted octanol–water partition coefficient (Wildman–Crippen LogP) is 6.16. The first-order valence-electron chi connectivity index (χ1n) is 12.2. The molecule has 0 amide bonds. The van der Waals surface area contributed by atoms with E-state index in [4.69, 9.17) is 9.47 Å². The molecular weight excluding hydrogens is 412 g/mol. The molecule has 0 radical (unpaired) electrons. The minimum absolute atomic E-state index is 0.0222. The average Bonchev–Trinajstić information content (AvgIpc) is 3.18. The van der Waals surface area contributed by atoms with Crippen LogP contribution in [0.25, 0.3) is 5.52 Å². The molecule has 5 nitrogen and oxygen atoms in total. The molecule has 0 bridgehead atoms. The lowest BCUT2D eigenvalue weighted by Gasteiger charge is -2.22. The highest BCUT2D eigenvalue weighted by atomic mass is 16.5. The van der Waals surface area contributed by atoms with Gasteiger partial charge in [0.25, 0.3) is 0 Å². The van der Waals surface area contributed by atoms with Crippen molar-refractivity contribution >= 4 is 11.3 Å². The van der Waals surface area contributed by atoms with Crippen molar-refractivity contribution in [3.8, 4) is 11.5 Å². The van der Waals surface area contributed by atoms with E-state index in [0.717, 1.165) is 37.1 Å². The first kappa shape index (κ1) is 24.8. The molecule has 3 aromatic rings. The third kappa shape index (κ3) is 6.38. The summed E-state index contributed by atoms with van der Waals surface area (Å²) in [6.45, 7) is 10.4. The van der Waals surface area contributed by atoms with Gasteiger partial charge in [-0.15, -0.1) is 0 Å². The molecule has 5 heteroatoms. The van der Waals surface area contributed by atoms with Crippen molar-refractivity contribution in [2.75, 3.05) is 33.4 Å². The number of nitrogens with zero attached hydrogens (tertiary/aromatic N) is 2. The SMILES string of the molecule is CCCCN(CCCC)CCCOc1ccc(C(=O)c2c(C)cc3ccccn23)cc1OC. The molecule has 0 saturated heterocycles. The Balaban J connectivity index is 1.65. The van der Waals surface area contributed by atoms with Crippen LogP contribution in [0.2, 0.25) is 0 Å². The summed E-state index contributed by atoms with van der Waals surface area (Å²) in [5, 5.41) is 0. The Morgan fingerprint density at radius 1 is 0.939 bits per heavy atom. The van der Waals surface area contributed by atoms with Crippen LogP contribution < -0.4 is 9.47 Å². The third-order valence-electron chi connectivity index (χ3n) is 6.04. The molecule has 2 heterocycles. The van der Waals surface area contributed by atoms with Crippen LogP contribution in [0.1, 0.15) is 67.6 Å². The number of aromatic nitrogens is 1. The van der Waals surface area contributed by atoms with Gasteiger partial charge in [0.1, 0.15) is 0 Å². The highest BCUT2D eigenvalue weighted by Crippen LogP contribution is 2.30. The number of benzene rings is 1. The minimum atomic E-state index is -0.0222. The van der Waals surface area contributed by atoms with Gasteiger partial charge < -0.3 is 18.8 Å². The molecule has 0 saturated carbocycles. The number of carbonyl (C=O) groups is 1. The fourth-order valence-electron chi connectivity index (χ4n) is 4.18.